The van der Waals surface area contributed by atoms with E-state index in [2.05, 4.69) is 174 Å². The molecule has 8 aromatic carbocycles. The molecule has 0 saturated heterocycles. The third-order valence-electron chi connectivity index (χ3n) is 11.4. The number of hydrogen-bond donors (Lipinski definition) is 0. The fourth-order valence-electron chi connectivity index (χ4n) is 8.79. The maximum atomic E-state index is 6.44. The quantitative estimate of drug-likeness (QED) is 0.165. The fourth-order valence-corrected chi connectivity index (χ4v) is 8.79. The van der Waals surface area contributed by atoms with Crippen LogP contribution in [0.3, 0.4) is 0 Å². The van der Waals surface area contributed by atoms with Gasteiger partial charge in [-0.25, -0.2) is 15.0 Å². The smallest absolute Gasteiger partial charge is 0.162 e. The zero-order valence-electron chi connectivity index (χ0n) is 31.2. The monoisotopic (exact) mass is 740 g/mol. The van der Waals surface area contributed by atoms with Gasteiger partial charge in [0.25, 0.3) is 0 Å². The van der Waals surface area contributed by atoms with Crippen LogP contribution >= 0.6 is 0 Å². The van der Waals surface area contributed by atoms with Crippen molar-refractivity contribution < 1.29 is 4.42 Å². The predicted octanol–water partition coefficient (Wildman–Crippen LogP) is 13.8. The molecule has 0 aliphatic carbocycles. The number of para-hydroxylation sites is 4. The van der Waals surface area contributed by atoms with E-state index in [4.69, 9.17) is 19.4 Å². The van der Waals surface area contributed by atoms with Gasteiger partial charge >= 0.3 is 0 Å². The summed E-state index contributed by atoms with van der Waals surface area (Å²) in [7, 11) is 0. The summed E-state index contributed by atoms with van der Waals surface area (Å²) in [4.78, 5) is 16.2. The standard InChI is InChI=1S/C53H32N4O/c1-4-15-33(16-5-1)43-32-44(35-27-29-46-42(31-35)37-21-10-12-25-45(37)57(46)36-19-8-3-9-20-36)55-53(54-43)41-24-14-23-39-49-40(51(56-52(39)41)34-17-6-2-7-18-34)28-30-48-50(49)38-22-11-13-26-47(38)58-48/h1-32H. The predicted molar refractivity (Wildman–Crippen MR) is 238 cm³/mol. The van der Waals surface area contributed by atoms with Gasteiger partial charge in [-0.05, 0) is 60.7 Å². The number of aromatic nitrogens is 4. The lowest BCUT2D eigenvalue weighted by atomic mass is 9.94. The van der Waals surface area contributed by atoms with Crippen molar-refractivity contribution in [3.05, 3.63) is 194 Å². The molecule has 0 N–H and O–H groups in total. The molecule has 12 aromatic rings. The van der Waals surface area contributed by atoms with E-state index in [1.165, 1.54) is 10.8 Å². The van der Waals surface area contributed by atoms with Crippen molar-refractivity contribution in [1.82, 2.24) is 19.5 Å². The van der Waals surface area contributed by atoms with E-state index < -0.39 is 0 Å². The fraction of sp³-hybridized carbons (Fsp3) is 0. The Kier molecular flexibility index (Phi) is 7.16. The molecular weight excluding hydrogens is 709 g/mol. The molecule has 0 aliphatic rings. The molecule has 12 rings (SSSR count). The van der Waals surface area contributed by atoms with Crippen LogP contribution in [0.4, 0.5) is 0 Å². The molecule has 0 fully saturated rings. The largest absolute Gasteiger partial charge is 0.456 e. The number of rotatable bonds is 5. The Morgan fingerprint density at radius 3 is 1.84 bits per heavy atom. The molecule has 5 heteroatoms. The topological polar surface area (TPSA) is 56.7 Å². The highest BCUT2D eigenvalue weighted by atomic mass is 16.3. The van der Waals surface area contributed by atoms with Crippen LogP contribution in [0, 0.1) is 0 Å². The highest BCUT2D eigenvalue weighted by Crippen LogP contribution is 2.43. The Balaban J connectivity index is 1.14. The number of furan rings is 1. The molecule has 0 saturated carbocycles. The first kappa shape index (κ1) is 32.4. The molecule has 0 spiro atoms. The van der Waals surface area contributed by atoms with E-state index in [1.54, 1.807) is 0 Å². The number of pyridine rings is 1. The summed E-state index contributed by atoms with van der Waals surface area (Å²) >= 11 is 0. The van der Waals surface area contributed by atoms with E-state index in [9.17, 15) is 0 Å². The third kappa shape index (κ3) is 5.00. The molecule has 4 heterocycles. The summed E-state index contributed by atoms with van der Waals surface area (Å²) in [6.07, 6.45) is 0. The van der Waals surface area contributed by atoms with Gasteiger partial charge < -0.3 is 8.98 Å². The molecular formula is C53H32N4O. The van der Waals surface area contributed by atoms with Gasteiger partial charge in [-0.2, -0.15) is 0 Å². The van der Waals surface area contributed by atoms with Crippen LogP contribution in [0.2, 0.25) is 0 Å². The Bertz CT molecular complexity index is 3550. The molecule has 4 aromatic heterocycles. The zero-order chi connectivity index (χ0) is 38.2. The second-order valence-corrected chi connectivity index (χ2v) is 14.7. The van der Waals surface area contributed by atoms with Crippen LogP contribution in [0.1, 0.15) is 0 Å². The average Bonchev–Trinajstić information content (AvgIpc) is 3.85. The molecule has 5 nitrogen and oxygen atoms in total. The van der Waals surface area contributed by atoms with Crippen molar-refractivity contribution in [2.75, 3.05) is 0 Å². The van der Waals surface area contributed by atoms with Crippen LogP contribution in [-0.4, -0.2) is 19.5 Å². The second kappa shape index (κ2) is 12.8. The van der Waals surface area contributed by atoms with E-state index in [1.807, 2.05) is 24.3 Å². The van der Waals surface area contributed by atoms with Crippen molar-refractivity contribution in [3.8, 4) is 50.8 Å². The highest BCUT2D eigenvalue weighted by Gasteiger charge is 2.21. The highest BCUT2D eigenvalue weighted by molar-refractivity contribution is 6.29. The van der Waals surface area contributed by atoms with E-state index in [0.717, 1.165) is 99.7 Å². The molecule has 0 amide bonds. The minimum absolute atomic E-state index is 0.615. The van der Waals surface area contributed by atoms with Gasteiger partial charge in [-0.3, -0.25) is 0 Å². The van der Waals surface area contributed by atoms with Gasteiger partial charge in [0.2, 0.25) is 0 Å². The summed E-state index contributed by atoms with van der Waals surface area (Å²) in [6.45, 7) is 0. The van der Waals surface area contributed by atoms with Gasteiger partial charge in [0.1, 0.15) is 11.2 Å². The number of benzene rings is 8. The van der Waals surface area contributed by atoms with Crippen LogP contribution < -0.4 is 0 Å². The van der Waals surface area contributed by atoms with E-state index >= 15 is 0 Å². The van der Waals surface area contributed by atoms with E-state index in [-0.39, 0.29) is 0 Å². The molecule has 58 heavy (non-hydrogen) atoms. The molecule has 0 aliphatic heterocycles. The van der Waals surface area contributed by atoms with Crippen molar-refractivity contribution >= 4 is 65.4 Å². The lowest BCUT2D eigenvalue weighted by Crippen LogP contribution is -1.98. The van der Waals surface area contributed by atoms with Crippen molar-refractivity contribution in [2.24, 2.45) is 0 Å². The minimum Gasteiger partial charge on any atom is -0.456 e. The van der Waals surface area contributed by atoms with Gasteiger partial charge in [0.15, 0.2) is 5.82 Å². The first-order chi connectivity index (χ1) is 28.8. The maximum absolute atomic E-state index is 6.44. The number of nitrogens with zero attached hydrogens (tertiary/aromatic N) is 4. The van der Waals surface area contributed by atoms with E-state index in [0.29, 0.717) is 5.82 Å². The second-order valence-electron chi connectivity index (χ2n) is 14.7. The summed E-state index contributed by atoms with van der Waals surface area (Å²) in [5, 5.41) is 7.71. The third-order valence-corrected chi connectivity index (χ3v) is 11.4. The van der Waals surface area contributed by atoms with Gasteiger partial charge in [-0.15, -0.1) is 0 Å². The van der Waals surface area contributed by atoms with Crippen molar-refractivity contribution in [3.63, 3.8) is 0 Å². The van der Waals surface area contributed by atoms with Gasteiger partial charge in [0, 0.05) is 65.6 Å². The van der Waals surface area contributed by atoms with Crippen molar-refractivity contribution in [2.45, 2.75) is 0 Å². The Hall–Kier alpha value is -7.89. The molecule has 270 valence electrons. The van der Waals surface area contributed by atoms with Crippen LogP contribution in [0.25, 0.3) is 116 Å². The summed E-state index contributed by atoms with van der Waals surface area (Å²) < 4.78 is 8.78. The summed E-state index contributed by atoms with van der Waals surface area (Å²) in [5.41, 5.74) is 12.5. The van der Waals surface area contributed by atoms with Crippen LogP contribution in [-0.2, 0) is 0 Å². The molecule has 0 bridgehead atoms. The number of hydrogen-bond acceptors (Lipinski definition) is 4. The molecule has 0 unspecified atom stereocenters. The molecule has 0 atom stereocenters. The Morgan fingerprint density at radius 1 is 0.379 bits per heavy atom. The lowest BCUT2D eigenvalue weighted by molar-refractivity contribution is 0.669. The zero-order valence-corrected chi connectivity index (χ0v) is 31.2. The lowest BCUT2D eigenvalue weighted by Gasteiger charge is -2.15. The Labute approximate surface area is 333 Å². The van der Waals surface area contributed by atoms with Gasteiger partial charge in [-0.1, -0.05) is 133 Å². The first-order valence-electron chi connectivity index (χ1n) is 19.5. The molecule has 0 radical (unpaired) electrons. The SMILES string of the molecule is c1ccc(-c2cc(-c3ccc4c(c3)c3ccccc3n4-c3ccccc3)nc(-c3cccc4c3nc(-c3ccccc3)c3ccc5oc6ccccc6c5c34)n2)cc1. The van der Waals surface area contributed by atoms with Gasteiger partial charge in [0.05, 0.1) is 33.6 Å². The summed E-state index contributed by atoms with van der Waals surface area (Å²) in [6, 6.07) is 67.6. The number of fused-ring (bicyclic) bond motifs is 10. The minimum atomic E-state index is 0.615. The summed E-state index contributed by atoms with van der Waals surface area (Å²) in [5.74, 6) is 0.615. The Morgan fingerprint density at radius 2 is 1.03 bits per heavy atom. The first-order valence-corrected chi connectivity index (χ1v) is 19.5. The normalized spacial score (nSPS) is 11.8. The average molecular weight is 741 g/mol. The van der Waals surface area contributed by atoms with Crippen LogP contribution in [0.5, 0.6) is 0 Å². The van der Waals surface area contributed by atoms with Crippen molar-refractivity contribution in [1.29, 1.82) is 0 Å². The van der Waals surface area contributed by atoms with Crippen LogP contribution in [0.15, 0.2) is 199 Å². The maximum Gasteiger partial charge on any atom is 0.162 e.